The predicted molar refractivity (Wildman–Crippen MR) is 122 cm³/mol. The summed E-state index contributed by atoms with van der Waals surface area (Å²) in [6.07, 6.45) is 2.63. The number of nitrogens with zero attached hydrogens (tertiary/aromatic N) is 1. The Bertz CT molecular complexity index is 992. The van der Waals surface area contributed by atoms with Crippen molar-refractivity contribution in [3.05, 3.63) is 94.0 Å². The maximum absolute atomic E-state index is 12.0. The number of methoxy groups -OCH3 is 1. The second-order valence-electron chi connectivity index (χ2n) is 6.59. The summed E-state index contributed by atoms with van der Waals surface area (Å²) in [6.45, 7) is 0.431. The molecular formula is C24H23BrN2O3. The van der Waals surface area contributed by atoms with Crippen LogP contribution in [0.5, 0.6) is 11.5 Å². The number of hydrogen-bond donors (Lipinski definition) is 1. The number of aryl methyl sites for hydroxylation is 1. The van der Waals surface area contributed by atoms with E-state index in [0.29, 0.717) is 30.9 Å². The van der Waals surface area contributed by atoms with Gasteiger partial charge in [0, 0.05) is 6.42 Å². The molecule has 3 rings (SSSR count). The quantitative estimate of drug-likeness (QED) is 0.351. The van der Waals surface area contributed by atoms with Crippen LogP contribution in [-0.4, -0.2) is 19.2 Å². The molecule has 0 radical (unpaired) electrons. The van der Waals surface area contributed by atoms with Gasteiger partial charge < -0.3 is 9.47 Å². The average Bonchev–Trinajstić information content (AvgIpc) is 2.78. The van der Waals surface area contributed by atoms with Gasteiger partial charge in [0.15, 0.2) is 11.5 Å². The Labute approximate surface area is 184 Å². The fourth-order valence-electron chi connectivity index (χ4n) is 2.82. The van der Waals surface area contributed by atoms with Crippen LogP contribution >= 0.6 is 15.9 Å². The number of benzene rings is 3. The normalized spacial score (nSPS) is 10.7. The van der Waals surface area contributed by atoms with Gasteiger partial charge in [-0.15, -0.1) is 0 Å². The second kappa shape index (κ2) is 11.2. The largest absolute Gasteiger partial charge is 0.493 e. The molecule has 5 nitrogen and oxygen atoms in total. The number of hydrogen-bond acceptors (Lipinski definition) is 4. The molecule has 0 atom stereocenters. The summed E-state index contributed by atoms with van der Waals surface area (Å²) in [6, 6.07) is 23.5. The number of carbonyl (C=O) groups excluding carboxylic acids is 1. The summed E-state index contributed by atoms with van der Waals surface area (Å²) >= 11 is 3.53. The zero-order valence-corrected chi connectivity index (χ0v) is 18.3. The first-order valence-corrected chi connectivity index (χ1v) is 10.3. The third kappa shape index (κ3) is 6.46. The second-order valence-corrected chi connectivity index (χ2v) is 7.44. The van der Waals surface area contributed by atoms with E-state index < -0.39 is 0 Å². The molecule has 0 aliphatic rings. The molecule has 0 saturated carbocycles. The number of ether oxygens (including phenoxy) is 2. The molecule has 0 unspecified atom stereocenters. The lowest BCUT2D eigenvalue weighted by atomic mass is 10.1. The van der Waals surface area contributed by atoms with Crippen LogP contribution in [0, 0.1) is 0 Å². The maximum Gasteiger partial charge on any atom is 0.240 e. The number of halogens is 1. The van der Waals surface area contributed by atoms with Crippen molar-refractivity contribution < 1.29 is 14.3 Å². The first kappa shape index (κ1) is 21.6. The van der Waals surface area contributed by atoms with Crippen LogP contribution in [0.25, 0.3) is 0 Å². The van der Waals surface area contributed by atoms with Crippen LogP contribution in [0.4, 0.5) is 0 Å². The van der Waals surface area contributed by atoms with E-state index in [-0.39, 0.29) is 5.91 Å². The highest BCUT2D eigenvalue weighted by atomic mass is 79.9. The van der Waals surface area contributed by atoms with Crippen molar-refractivity contribution in [2.45, 2.75) is 19.4 Å². The van der Waals surface area contributed by atoms with E-state index >= 15 is 0 Å². The molecular weight excluding hydrogens is 444 g/mol. The van der Waals surface area contributed by atoms with E-state index in [1.807, 2.05) is 72.8 Å². The molecule has 0 bridgehead atoms. The number of rotatable bonds is 9. The van der Waals surface area contributed by atoms with Crippen LogP contribution in [0.3, 0.4) is 0 Å². The zero-order valence-electron chi connectivity index (χ0n) is 16.7. The molecule has 0 heterocycles. The van der Waals surface area contributed by atoms with Gasteiger partial charge in [-0.25, -0.2) is 5.43 Å². The number of hydrazone groups is 1. The number of amides is 1. The van der Waals surface area contributed by atoms with Gasteiger partial charge in [0.1, 0.15) is 6.61 Å². The van der Waals surface area contributed by atoms with Gasteiger partial charge in [0.25, 0.3) is 0 Å². The van der Waals surface area contributed by atoms with Gasteiger partial charge in [-0.2, -0.15) is 5.10 Å². The average molecular weight is 467 g/mol. The van der Waals surface area contributed by atoms with Crippen LogP contribution in [0.15, 0.2) is 82.4 Å². The fraction of sp³-hybridized carbons (Fsp3) is 0.167. The summed E-state index contributed by atoms with van der Waals surface area (Å²) in [7, 11) is 1.59. The molecule has 0 aliphatic carbocycles. The topological polar surface area (TPSA) is 59.9 Å². The standard InChI is InChI=1S/C24H23BrN2O3/c1-29-22-15-20(14-21(25)24(22)30-17-19-10-6-3-7-11-19)16-26-27-23(28)13-12-18-8-4-2-5-9-18/h2-11,14-16H,12-13,17H2,1H3,(H,27,28)/b26-16+. The zero-order chi connectivity index (χ0) is 21.2. The predicted octanol–water partition coefficient (Wildman–Crippen LogP) is 5.12. The van der Waals surface area contributed by atoms with Crippen molar-refractivity contribution in [1.29, 1.82) is 0 Å². The minimum Gasteiger partial charge on any atom is -0.493 e. The van der Waals surface area contributed by atoms with Gasteiger partial charge >= 0.3 is 0 Å². The van der Waals surface area contributed by atoms with Crippen LogP contribution in [-0.2, 0) is 17.8 Å². The first-order chi connectivity index (χ1) is 14.7. The molecule has 0 saturated heterocycles. The summed E-state index contributed by atoms with van der Waals surface area (Å²) in [4.78, 5) is 12.0. The lowest BCUT2D eigenvalue weighted by Crippen LogP contribution is -2.17. The van der Waals surface area contributed by atoms with E-state index in [1.165, 1.54) is 0 Å². The molecule has 30 heavy (non-hydrogen) atoms. The van der Waals surface area contributed by atoms with Gasteiger partial charge in [0.2, 0.25) is 5.91 Å². The third-order valence-corrected chi connectivity index (χ3v) is 4.95. The van der Waals surface area contributed by atoms with Gasteiger partial charge in [-0.05, 0) is 51.2 Å². The molecule has 3 aromatic carbocycles. The Hall–Kier alpha value is -3.12. The van der Waals surface area contributed by atoms with Gasteiger partial charge in [-0.1, -0.05) is 60.7 Å². The molecule has 0 fully saturated rings. The summed E-state index contributed by atoms with van der Waals surface area (Å²) in [5.41, 5.74) is 5.52. The highest BCUT2D eigenvalue weighted by Crippen LogP contribution is 2.36. The monoisotopic (exact) mass is 466 g/mol. The summed E-state index contributed by atoms with van der Waals surface area (Å²) in [5.74, 6) is 1.06. The molecule has 3 aromatic rings. The maximum atomic E-state index is 12.0. The SMILES string of the molecule is COc1cc(/C=N/NC(=O)CCc2ccccc2)cc(Br)c1OCc1ccccc1. The smallest absolute Gasteiger partial charge is 0.240 e. The van der Waals surface area contributed by atoms with E-state index in [4.69, 9.17) is 9.47 Å². The Morgan fingerprint density at radius 1 is 1.03 bits per heavy atom. The van der Waals surface area contributed by atoms with Crippen LogP contribution in [0.2, 0.25) is 0 Å². The Balaban J connectivity index is 1.57. The molecule has 0 aromatic heterocycles. The van der Waals surface area contributed by atoms with E-state index in [1.54, 1.807) is 13.3 Å². The summed E-state index contributed by atoms with van der Waals surface area (Å²) < 4.78 is 12.1. The molecule has 154 valence electrons. The molecule has 6 heteroatoms. The van der Waals surface area contributed by atoms with Crippen molar-refractivity contribution in [2.75, 3.05) is 7.11 Å². The molecule has 0 aliphatic heterocycles. The summed E-state index contributed by atoms with van der Waals surface area (Å²) in [5, 5.41) is 4.05. The Morgan fingerprint density at radius 2 is 1.70 bits per heavy atom. The first-order valence-electron chi connectivity index (χ1n) is 9.56. The Kier molecular flexibility index (Phi) is 8.03. The van der Waals surface area contributed by atoms with E-state index in [0.717, 1.165) is 21.2 Å². The highest BCUT2D eigenvalue weighted by molar-refractivity contribution is 9.10. The molecule has 1 amide bonds. The highest BCUT2D eigenvalue weighted by Gasteiger charge is 2.11. The van der Waals surface area contributed by atoms with E-state index in [2.05, 4.69) is 26.5 Å². The fourth-order valence-corrected chi connectivity index (χ4v) is 3.40. The van der Waals surface area contributed by atoms with Crippen LogP contribution in [0.1, 0.15) is 23.1 Å². The van der Waals surface area contributed by atoms with Crippen molar-refractivity contribution >= 4 is 28.1 Å². The lowest BCUT2D eigenvalue weighted by molar-refractivity contribution is -0.121. The van der Waals surface area contributed by atoms with Crippen molar-refractivity contribution in [3.63, 3.8) is 0 Å². The van der Waals surface area contributed by atoms with Crippen molar-refractivity contribution in [1.82, 2.24) is 5.43 Å². The third-order valence-electron chi connectivity index (χ3n) is 4.36. The number of carbonyl (C=O) groups is 1. The van der Waals surface area contributed by atoms with Crippen LogP contribution < -0.4 is 14.9 Å². The van der Waals surface area contributed by atoms with Gasteiger partial charge in [-0.3, -0.25) is 4.79 Å². The number of nitrogens with one attached hydrogen (secondary N) is 1. The van der Waals surface area contributed by atoms with Crippen molar-refractivity contribution in [2.24, 2.45) is 5.10 Å². The molecule has 1 N–H and O–H groups in total. The minimum absolute atomic E-state index is 0.135. The van der Waals surface area contributed by atoms with Gasteiger partial charge in [0.05, 0.1) is 17.8 Å². The Morgan fingerprint density at radius 3 is 2.37 bits per heavy atom. The van der Waals surface area contributed by atoms with Crippen molar-refractivity contribution in [3.8, 4) is 11.5 Å². The molecule has 0 spiro atoms. The lowest BCUT2D eigenvalue weighted by Gasteiger charge is -2.13. The van der Waals surface area contributed by atoms with E-state index in [9.17, 15) is 4.79 Å². The minimum atomic E-state index is -0.135.